The molecule has 0 bridgehead atoms. The smallest absolute Gasteiger partial charge is 0.326 e. The van der Waals surface area contributed by atoms with Gasteiger partial charge in [0.2, 0.25) is 5.88 Å². The number of pyridine rings is 1. The Morgan fingerprint density at radius 1 is 1.14 bits per heavy atom. The molecular weight excluding hydrogens is 546 g/mol. The number of likely N-dealkylation sites (tertiary alicyclic amines) is 1. The van der Waals surface area contributed by atoms with Crippen molar-refractivity contribution in [3.63, 3.8) is 0 Å². The number of rotatable bonds is 9. The molecule has 2 aromatic rings. The highest BCUT2D eigenvalue weighted by Gasteiger charge is 2.59. The molecule has 1 aliphatic carbocycles. The molecule has 234 valence electrons. The average Bonchev–Trinajstić information content (AvgIpc) is 3.34. The fourth-order valence-electron chi connectivity index (χ4n) is 7.47. The molecule has 43 heavy (non-hydrogen) atoms. The normalized spacial score (nSPS) is 26.9. The van der Waals surface area contributed by atoms with Crippen molar-refractivity contribution < 1.29 is 28.9 Å². The fourth-order valence-corrected chi connectivity index (χ4v) is 7.47. The molecule has 1 amide bonds. The van der Waals surface area contributed by atoms with Crippen molar-refractivity contribution in [3.8, 4) is 11.6 Å². The highest BCUT2D eigenvalue weighted by molar-refractivity contribution is 5.88. The molecule has 9 nitrogen and oxygen atoms in total. The molecule has 5 atom stereocenters. The van der Waals surface area contributed by atoms with Crippen molar-refractivity contribution >= 4 is 11.9 Å². The zero-order valence-corrected chi connectivity index (χ0v) is 26.4. The van der Waals surface area contributed by atoms with Gasteiger partial charge in [-0.25, -0.2) is 9.78 Å². The summed E-state index contributed by atoms with van der Waals surface area (Å²) in [7, 11) is 3.22. The Bertz CT molecular complexity index is 1310. The number of hydrogen-bond donors (Lipinski definition) is 2. The van der Waals surface area contributed by atoms with Crippen LogP contribution in [0.1, 0.15) is 89.0 Å². The third-order valence-corrected chi connectivity index (χ3v) is 9.90. The largest absolute Gasteiger partial charge is 0.496 e. The Morgan fingerprint density at radius 2 is 1.91 bits per heavy atom. The first kappa shape index (κ1) is 31.3. The van der Waals surface area contributed by atoms with E-state index in [1.165, 1.54) is 12.0 Å². The zero-order chi connectivity index (χ0) is 30.9. The number of benzene rings is 1. The molecule has 1 saturated carbocycles. The molecule has 9 heteroatoms. The van der Waals surface area contributed by atoms with Crippen LogP contribution in [0.3, 0.4) is 0 Å². The van der Waals surface area contributed by atoms with Crippen LogP contribution in [0, 0.1) is 11.3 Å². The first-order chi connectivity index (χ1) is 20.5. The van der Waals surface area contributed by atoms with Gasteiger partial charge in [0.15, 0.2) is 0 Å². The molecule has 3 heterocycles. The van der Waals surface area contributed by atoms with Gasteiger partial charge >= 0.3 is 5.97 Å². The van der Waals surface area contributed by atoms with E-state index in [2.05, 4.69) is 29.4 Å². The lowest BCUT2D eigenvalue weighted by Crippen LogP contribution is -2.51. The van der Waals surface area contributed by atoms with Crippen LogP contribution < -0.4 is 14.8 Å². The Kier molecular flexibility index (Phi) is 9.05. The lowest BCUT2D eigenvalue weighted by atomic mass is 9.66. The van der Waals surface area contributed by atoms with Gasteiger partial charge in [-0.15, -0.1) is 0 Å². The van der Waals surface area contributed by atoms with E-state index in [-0.39, 0.29) is 11.3 Å². The lowest BCUT2D eigenvalue weighted by Gasteiger charge is -2.39. The van der Waals surface area contributed by atoms with Crippen molar-refractivity contribution in [3.05, 3.63) is 53.2 Å². The Labute approximate surface area is 255 Å². The van der Waals surface area contributed by atoms with Crippen LogP contribution in [-0.2, 0) is 26.3 Å². The van der Waals surface area contributed by atoms with Crippen molar-refractivity contribution in [1.29, 1.82) is 0 Å². The van der Waals surface area contributed by atoms with Crippen molar-refractivity contribution in [2.24, 2.45) is 11.3 Å². The van der Waals surface area contributed by atoms with Crippen molar-refractivity contribution in [1.82, 2.24) is 15.2 Å². The molecule has 2 aliphatic heterocycles. The Morgan fingerprint density at radius 3 is 2.49 bits per heavy atom. The topological polar surface area (TPSA) is 110 Å². The summed E-state index contributed by atoms with van der Waals surface area (Å²) in [6.07, 6.45) is 6.83. The predicted molar refractivity (Wildman–Crippen MR) is 163 cm³/mol. The molecule has 0 radical (unpaired) electrons. The molecular formula is C34H47N3O6. The Balaban J connectivity index is 1.61. The van der Waals surface area contributed by atoms with Gasteiger partial charge in [0.25, 0.3) is 5.91 Å². The van der Waals surface area contributed by atoms with E-state index in [1.807, 2.05) is 32.9 Å². The summed E-state index contributed by atoms with van der Waals surface area (Å²) < 4.78 is 17.4. The number of amides is 1. The van der Waals surface area contributed by atoms with Crippen molar-refractivity contribution in [2.45, 2.75) is 102 Å². The SMILES string of the molecule is COc1ccc(C2(C)CCC2)cc1CN[C@H]1[C@H](C(C)(C)C)[C@@H](C(=O)O)N(C(=O)[C@H]2CCCCO2)[C@H]1c1cccnc1OC. The average molecular weight is 594 g/mol. The van der Waals surface area contributed by atoms with Crippen LogP contribution in [0.15, 0.2) is 36.5 Å². The number of carbonyl (C=O) groups is 2. The van der Waals surface area contributed by atoms with E-state index in [9.17, 15) is 14.7 Å². The summed E-state index contributed by atoms with van der Waals surface area (Å²) in [4.78, 5) is 33.5. The third kappa shape index (κ3) is 5.98. The van der Waals surface area contributed by atoms with Gasteiger partial charge in [0.05, 0.1) is 20.3 Å². The number of carboxylic acids is 1. The van der Waals surface area contributed by atoms with E-state index in [1.54, 1.807) is 31.4 Å². The molecule has 1 aromatic carbocycles. The molecule has 0 unspecified atom stereocenters. The second-order valence-corrected chi connectivity index (χ2v) is 13.7. The fraction of sp³-hybridized carbons (Fsp3) is 0.618. The second-order valence-electron chi connectivity index (χ2n) is 13.7. The zero-order valence-electron chi connectivity index (χ0n) is 26.4. The lowest BCUT2D eigenvalue weighted by molar-refractivity contribution is -0.159. The maximum Gasteiger partial charge on any atom is 0.326 e. The monoisotopic (exact) mass is 593 g/mol. The highest BCUT2D eigenvalue weighted by atomic mass is 16.5. The standard InChI is InChI=1S/C34H47N3O6/c1-33(2,3)26-27(36-20-21-19-22(13-14-24(21)41-5)34(4)15-10-16-34)28(23-11-9-17-35-30(23)42-6)37(29(26)32(39)40)31(38)25-12-7-8-18-43-25/h9,11,13-14,17,19,25-29,36H,7-8,10,12,15-16,18,20H2,1-6H3,(H,39,40)/t25-,26+,27+,28+,29+/m1/s1. The summed E-state index contributed by atoms with van der Waals surface area (Å²) in [5.74, 6) is -0.611. The molecule has 3 fully saturated rings. The minimum absolute atomic E-state index is 0.158. The summed E-state index contributed by atoms with van der Waals surface area (Å²) in [5.41, 5.74) is 2.65. The minimum atomic E-state index is -1.08. The Hall–Kier alpha value is -3.17. The van der Waals surface area contributed by atoms with Gasteiger partial charge in [-0.2, -0.15) is 0 Å². The summed E-state index contributed by atoms with van der Waals surface area (Å²) in [6.45, 7) is 9.37. The molecule has 0 spiro atoms. The first-order valence-electron chi connectivity index (χ1n) is 15.6. The summed E-state index contributed by atoms with van der Waals surface area (Å²) in [6, 6.07) is 7.94. The van der Waals surface area contributed by atoms with Gasteiger partial charge in [-0.3, -0.25) is 4.79 Å². The molecule has 5 rings (SSSR count). The van der Waals surface area contributed by atoms with Gasteiger partial charge in [0.1, 0.15) is 17.9 Å². The van der Waals surface area contributed by atoms with Crippen LogP contribution in [0.25, 0.3) is 0 Å². The predicted octanol–water partition coefficient (Wildman–Crippen LogP) is 5.27. The van der Waals surface area contributed by atoms with Gasteiger partial charge in [-0.1, -0.05) is 46.2 Å². The number of ether oxygens (including phenoxy) is 3. The van der Waals surface area contributed by atoms with Crippen LogP contribution in [0.4, 0.5) is 0 Å². The number of nitrogens with zero attached hydrogens (tertiary/aromatic N) is 2. The second kappa shape index (κ2) is 12.4. The van der Waals surface area contributed by atoms with Crippen molar-refractivity contribution in [2.75, 3.05) is 20.8 Å². The molecule has 2 saturated heterocycles. The van der Waals surface area contributed by atoms with Crippen LogP contribution in [0.2, 0.25) is 0 Å². The number of carbonyl (C=O) groups excluding carboxylic acids is 1. The van der Waals surface area contributed by atoms with E-state index in [4.69, 9.17) is 14.2 Å². The van der Waals surface area contributed by atoms with E-state index < -0.39 is 41.5 Å². The molecule has 2 N–H and O–H groups in total. The van der Waals surface area contributed by atoms with Crippen LogP contribution >= 0.6 is 0 Å². The first-order valence-corrected chi connectivity index (χ1v) is 15.6. The third-order valence-electron chi connectivity index (χ3n) is 9.90. The van der Waals surface area contributed by atoms with E-state index in [0.717, 1.165) is 37.0 Å². The number of aliphatic carboxylic acids is 1. The minimum Gasteiger partial charge on any atom is -0.496 e. The maximum atomic E-state index is 14.3. The van der Waals surface area contributed by atoms with Gasteiger partial charge in [0, 0.05) is 42.4 Å². The number of nitrogens with one attached hydrogen (secondary N) is 1. The number of hydrogen-bond acceptors (Lipinski definition) is 7. The summed E-state index contributed by atoms with van der Waals surface area (Å²) in [5, 5.41) is 14.5. The number of carboxylic acid groups (broad SMARTS) is 1. The van der Waals surface area contributed by atoms with Gasteiger partial charge in [-0.05, 0) is 66.7 Å². The summed E-state index contributed by atoms with van der Waals surface area (Å²) >= 11 is 0. The number of methoxy groups -OCH3 is 2. The quantitative estimate of drug-likeness (QED) is 0.405. The van der Waals surface area contributed by atoms with Crippen LogP contribution in [0.5, 0.6) is 11.6 Å². The molecule has 3 aliphatic rings. The van der Waals surface area contributed by atoms with Crippen LogP contribution in [-0.4, -0.2) is 65.9 Å². The number of aromatic nitrogens is 1. The highest BCUT2D eigenvalue weighted by Crippen LogP contribution is 2.50. The maximum absolute atomic E-state index is 14.3. The van der Waals surface area contributed by atoms with Gasteiger partial charge < -0.3 is 29.5 Å². The molecule has 1 aromatic heterocycles. The van der Waals surface area contributed by atoms with E-state index >= 15 is 0 Å². The van der Waals surface area contributed by atoms with E-state index in [0.29, 0.717) is 31.0 Å².